The van der Waals surface area contributed by atoms with Crippen molar-refractivity contribution in [2.24, 2.45) is 21.7 Å². The molecule has 1 aliphatic rings. The van der Waals surface area contributed by atoms with Gasteiger partial charge in [0.05, 0.1) is 11.0 Å². The summed E-state index contributed by atoms with van der Waals surface area (Å²) in [5.41, 5.74) is 3.53. The monoisotopic (exact) mass is 986 g/mol. The van der Waals surface area contributed by atoms with Crippen molar-refractivity contribution in [3.8, 4) is 16.9 Å². The molecule has 0 aliphatic heterocycles. The first-order valence-corrected chi connectivity index (χ1v) is 24.7. The van der Waals surface area contributed by atoms with E-state index in [1.165, 1.54) is 22.3 Å². The third kappa shape index (κ3) is 7.49. The van der Waals surface area contributed by atoms with Gasteiger partial charge < -0.3 is 15.7 Å². The summed E-state index contributed by atoms with van der Waals surface area (Å²) in [5.74, 6) is -0.423. The van der Waals surface area contributed by atoms with Crippen molar-refractivity contribution in [3.63, 3.8) is 0 Å². The molecule has 0 amide bonds. The molecule has 1 unspecified atom stereocenters. The molecule has 0 fully saturated rings. The minimum absolute atomic E-state index is 0.0623. The smallest absolute Gasteiger partial charge is 0.172 e. The van der Waals surface area contributed by atoms with Crippen LogP contribution in [0.15, 0.2) is 156 Å². The highest BCUT2D eigenvalue weighted by Gasteiger charge is 2.68. The van der Waals surface area contributed by atoms with Gasteiger partial charge >= 0.3 is 0 Å². The van der Waals surface area contributed by atoms with E-state index in [1.54, 1.807) is 30.3 Å². The number of carbonyl (C=O) groups is 2. The van der Waals surface area contributed by atoms with Crippen LogP contribution in [0.1, 0.15) is 126 Å². The van der Waals surface area contributed by atoms with Gasteiger partial charge in [-0.3, -0.25) is 9.59 Å². The van der Waals surface area contributed by atoms with Crippen LogP contribution in [-0.2, 0) is 5.41 Å². The number of phenolic OH excluding ortho intramolecular Hbond substituents is 1. The molecule has 0 heterocycles. The fourth-order valence-corrected chi connectivity index (χ4v) is 12.6. The lowest BCUT2D eigenvalue weighted by Gasteiger charge is -2.65. The van der Waals surface area contributed by atoms with Gasteiger partial charge in [0.2, 0.25) is 0 Å². The lowest BCUT2D eigenvalue weighted by molar-refractivity contribution is -0.116. The van der Waals surface area contributed by atoms with Crippen molar-refractivity contribution in [2.45, 2.75) is 99.6 Å². The first kappa shape index (κ1) is 48.8. The Hall–Kier alpha value is -5.69. The minimum Gasteiger partial charge on any atom is -0.507 e. The number of aromatic hydroxyl groups is 1. The van der Waals surface area contributed by atoms with Crippen molar-refractivity contribution in [3.05, 3.63) is 195 Å². The van der Waals surface area contributed by atoms with Crippen LogP contribution in [-0.4, -0.2) is 27.8 Å². The number of rotatable bonds is 13. The molecule has 3 N–H and O–H groups in total. The van der Waals surface area contributed by atoms with Crippen molar-refractivity contribution in [1.82, 2.24) is 0 Å². The van der Waals surface area contributed by atoms with E-state index in [0.717, 1.165) is 32.4 Å². The molecule has 350 valence electrons. The Balaban J connectivity index is 1.30. The van der Waals surface area contributed by atoms with E-state index in [-0.39, 0.29) is 28.4 Å². The molecule has 5 nitrogen and oxygen atoms in total. The summed E-state index contributed by atoms with van der Waals surface area (Å²) in [7, 11) is 0. The molecule has 0 aromatic heterocycles. The molecule has 0 saturated carbocycles. The van der Waals surface area contributed by atoms with Gasteiger partial charge in [-0.05, 0) is 149 Å². The van der Waals surface area contributed by atoms with E-state index in [0.29, 0.717) is 16.0 Å². The molecule has 7 aromatic rings. The van der Waals surface area contributed by atoms with Crippen LogP contribution >= 0.6 is 27.5 Å². The minimum atomic E-state index is -1.25. The van der Waals surface area contributed by atoms with E-state index in [1.807, 2.05) is 58.0 Å². The van der Waals surface area contributed by atoms with Crippen molar-refractivity contribution >= 4 is 61.2 Å². The fraction of sp³-hybridized carbons (Fsp3) is 0.311. The average Bonchev–Trinajstić information content (AvgIpc) is 3.59. The van der Waals surface area contributed by atoms with Crippen LogP contribution < -0.4 is 10.6 Å². The number of benzene rings is 7. The molecular weight excluding hydrogens is 924 g/mol. The maximum absolute atomic E-state index is 15.5. The molecule has 7 aromatic carbocycles. The first-order valence-electron chi connectivity index (χ1n) is 23.5. The zero-order valence-electron chi connectivity index (χ0n) is 41.5. The van der Waals surface area contributed by atoms with E-state index in [2.05, 4.69) is 173 Å². The SMILES string of the molecule is CC(C)(C)Nc1cccc(C2(c3cccc(NC(C)(C)C(C)(C)C(C)(C(C)(C)C(=O)c4ccc(Cl)cc4)C(C)(C)C(=O)c4ccc5ccccc5c4O)c3)c3ccccc3-c3ccccc32)c1Br. The summed E-state index contributed by atoms with van der Waals surface area (Å²) in [6.45, 7) is 25.1. The molecule has 0 bridgehead atoms. The third-order valence-electron chi connectivity index (χ3n) is 16.3. The Kier molecular flexibility index (Phi) is 12.2. The summed E-state index contributed by atoms with van der Waals surface area (Å²) in [4.78, 5) is 30.8. The lowest BCUT2D eigenvalue weighted by atomic mass is 9.39. The molecule has 68 heavy (non-hydrogen) atoms. The Morgan fingerprint density at radius 3 is 1.74 bits per heavy atom. The number of anilines is 2. The second-order valence-corrected chi connectivity index (χ2v) is 23.3. The second kappa shape index (κ2) is 17.1. The number of carbonyl (C=O) groups excluding carboxylic acids is 2. The van der Waals surface area contributed by atoms with E-state index in [4.69, 9.17) is 11.6 Å². The molecule has 1 aliphatic carbocycles. The van der Waals surface area contributed by atoms with Gasteiger partial charge in [-0.1, -0.05) is 163 Å². The molecule has 0 saturated heterocycles. The predicted molar refractivity (Wildman–Crippen MR) is 288 cm³/mol. The van der Waals surface area contributed by atoms with E-state index in [9.17, 15) is 5.11 Å². The van der Waals surface area contributed by atoms with Gasteiger partial charge in [0, 0.05) is 53.7 Å². The summed E-state index contributed by atoms with van der Waals surface area (Å²) in [6.07, 6.45) is 0. The number of halogens is 2. The van der Waals surface area contributed by atoms with Crippen molar-refractivity contribution in [2.75, 3.05) is 10.6 Å². The standard InChI is InChI=1S/C61H64BrClN2O3/c1-55(2,3)65-50-30-20-29-49(51(50)62)61(47-27-17-15-25-44(47)45-26-16-18-28-48(45)61)40-22-19-23-42(37-40)64-59(10,11)58(8,9)60(12,56(4,5)53(67)39-31-34-41(63)35-32-39)57(6,7)54(68)46-36-33-38-21-13-14-24-43(38)52(46)66/h13-37,64-66H,1-12H3. The molecule has 0 spiro atoms. The molecule has 1 atom stereocenters. The number of hydrogen-bond donors (Lipinski definition) is 3. The Labute approximate surface area is 416 Å². The van der Waals surface area contributed by atoms with Gasteiger partial charge in [0.25, 0.3) is 0 Å². The summed E-state index contributed by atoms with van der Waals surface area (Å²) in [5, 5.41) is 21.6. The zero-order valence-corrected chi connectivity index (χ0v) is 43.8. The van der Waals surface area contributed by atoms with Crippen LogP contribution in [0.4, 0.5) is 11.4 Å². The van der Waals surface area contributed by atoms with Gasteiger partial charge in [0.1, 0.15) is 5.75 Å². The number of Topliss-reactive ketones (excluding diaryl/α,β-unsaturated/α-hetero) is 2. The summed E-state index contributed by atoms with van der Waals surface area (Å²) in [6, 6.07) is 50.8. The van der Waals surface area contributed by atoms with Gasteiger partial charge in [0.15, 0.2) is 11.6 Å². The Bertz CT molecular complexity index is 3060. The topological polar surface area (TPSA) is 78.4 Å². The highest BCUT2D eigenvalue weighted by Crippen LogP contribution is 2.67. The largest absolute Gasteiger partial charge is 0.507 e. The van der Waals surface area contributed by atoms with Crippen LogP contribution in [0.2, 0.25) is 5.02 Å². The number of fused-ring (bicyclic) bond motifs is 4. The van der Waals surface area contributed by atoms with Crippen molar-refractivity contribution in [1.29, 1.82) is 0 Å². The maximum Gasteiger partial charge on any atom is 0.172 e. The summed E-state index contributed by atoms with van der Waals surface area (Å²) >= 11 is 10.5. The van der Waals surface area contributed by atoms with Crippen LogP contribution in [0, 0.1) is 21.7 Å². The van der Waals surface area contributed by atoms with Gasteiger partial charge in [-0.25, -0.2) is 0 Å². The second-order valence-electron chi connectivity index (χ2n) is 22.1. The third-order valence-corrected chi connectivity index (χ3v) is 17.4. The lowest BCUT2D eigenvalue weighted by Crippen LogP contribution is -2.67. The summed E-state index contributed by atoms with van der Waals surface area (Å²) < 4.78 is 0.994. The predicted octanol–water partition coefficient (Wildman–Crippen LogP) is 16.6. The molecule has 8 rings (SSSR count). The quantitative estimate of drug-likeness (QED) is 0.100. The number of phenols is 1. The molecule has 0 radical (unpaired) electrons. The van der Waals surface area contributed by atoms with Crippen LogP contribution in [0.25, 0.3) is 21.9 Å². The molecular formula is C61H64BrClN2O3. The first-order chi connectivity index (χ1) is 31.8. The molecule has 7 heteroatoms. The van der Waals surface area contributed by atoms with Crippen molar-refractivity contribution < 1.29 is 14.7 Å². The number of ketones is 2. The highest BCUT2D eigenvalue weighted by molar-refractivity contribution is 9.10. The Morgan fingerprint density at radius 1 is 0.574 bits per heavy atom. The van der Waals surface area contributed by atoms with Gasteiger partial charge in [-0.2, -0.15) is 0 Å². The number of nitrogens with one attached hydrogen (secondary N) is 2. The van der Waals surface area contributed by atoms with Crippen LogP contribution in [0.3, 0.4) is 0 Å². The van der Waals surface area contributed by atoms with Gasteiger partial charge in [-0.15, -0.1) is 0 Å². The highest BCUT2D eigenvalue weighted by atomic mass is 79.9. The maximum atomic E-state index is 15.5. The normalized spacial score (nSPS) is 14.7. The average molecular weight is 989 g/mol. The zero-order chi connectivity index (χ0) is 49.4. The van der Waals surface area contributed by atoms with Crippen LogP contribution in [0.5, 0.6) is 5.75 Å². The van der Waals surface area contributed by atoms with E-state index >= 15 is 9.59 Å². The Morgan fingerprint density at radius 2 is 1.12 bits per heavy atom. The number of hydrogen-bond acceptors (Lipinski definition) is 5. The van der Waals surface area contributed by atoms with E-state index < -0.39 is 32.6 Å². The fourth-order valence-electron chi connectivity index (χ4n) is 11.8.